The minimum Gasteiger partial charge on any atom is -0.0663 e. The number of hydrogen-bond donors (Lipinski definition) is 0. The topological polar surface area (TPSA) is 0 Å². The Bertz CT molecular complexity index is 881. The average Bonchev–Trinajstić information content (AvgIpc) is 2.47. The second-order valence-corrected chi connectivity index (χ2v) is 4.96. The Morgan fingerprint density at radius 1 is 0.632 bits per heavy atom. The summed E-state index contributed by atoms with van der Waals surface area (Å²) in [6.45, 7) is 2.07. The molecule has 0 spiro atoms. The van der Waals surface area contributed by atoms with Crippen molar-refractivity contribution in [3.63, 3.8) is 0 Å². The maximum absolute atomic E-state index is 3.33. The normalized spacial score (nSPS) is 11.0. The van der Waals surface area contributed by atoms with Crippen LogP contribution in [0.3, 0.4) is 0 Å². The van der Waals surface area contributed by atoms with Crippen molar-refractivity contribution in [2.75, 3.05) is 0 Å². The minimum atomic E-state index is 1.13. The van der Waals surface area contributed by atoms with E-state index < -0.39 is 0 Å². The molecule has 4 aromatic rings. The van der Waals surface area contributed by atoms with Crippen LogP contribution in [0.4, 0.5) is 0 Å². The summed E-state index contributed by atoms with van der Waals surface area (Å²) < 4.78 is 0. The smallest absolute Gasteiger partial charge is 0.0406 e. The summed E-state index contributed by atoms with van der Waals surface area (Å²) in [5, 5.41) is 7.59. The maximum Gasteiger partial charge on any atom is 0.0406 e. The zero-order chi connectivity index (χ0) is 12.8. The van der Waals surface area contributed by atoms with Crippen LogP contribution in [-0.4, -0.2) is 0 Å². The maximum atomic E-state index is 3.33. The van der Waals surface area contributed by atoms with Gasteiger partial charge in [0, 0.05) is 5.39 Å². The highest BCUT2D eigenvalue weighted by molar-refractivity contribution is 6.24. The summed E-state index contributed by atoms with van der Waals surface area (Å²) in [7, 11) is 0. The standard InChI is InChI=1S/C19H12/c1-13-10-11-18-16-8-3-2-6-14(16)15-7-4-5-9-17(15)19(18)12-13/h2-9,12H,1H3. The van der Waals surface area contributed by atoms with Crippen molar-refractivity contribution in [3.05, 3.63) is 72.3 Å². The largest absolute Gasteiger partial charge is 0.0663 e. The van der Waals surface area contributed by atoms with Crippen LogP contribution in [0.25, 0.3) is 32.3 Å². The fraction of sp³-hybridized carbons (Fsp3) is 0.0526. The molecule has 0 unspecified atom stereocenters. The Kier molecular flexibility index (Phi) is 2.05. The molecule has 0 heteroatoms. The molecule has 88 valence electrons. The monoisotopic (exact) mass is 240 g/mol. The number of rotatable bonds is 0. The van der Waals surface area contributed by atoms with E-state index in [2.05, 4.69) is 73.7 Å². The fourth-order valence-electron chi connectivity index (χ4n) is 2.87. The average molecular weight is 240 g/mol. The van der Waals surface area contributed by atoms with Gasteiger partial charge in [0.05, 0.1) is 0 Å². The van der Waals surface area contributed by atoms with E-state index >= 15 is 0 Å². The second-order valence-electron chi connectivity index (χ2n) is 4.96. The van der Waals surface area contributed by atoms with Crippen molar-refractivity contribution in [2.24, 2.45) is 0 Å². The molecule has 0 heterocycles. The van der Waals surface area contributed by atoms with Gasteiger partial charge in [0.2, 0.25) is 0 Å². The van der Waals surface area contributed by atoms with E-state index in [1.165, 1.54) is 32.3 Å². The molecule has 0 fully saturated rings. The van der Waals surface area contributed by atoms with E-state index in [9.17, 15) is 0 Å². The molecule has 0 nitrogen and oxygen atoms in total. The van der Waals surface area contributed by atoms with Gasteiger partial charge in [-0.1, -0.05) is 60.7 Å². The predicted molar refractivity (Wildman–Crippen MR) is 81.4 cm³/mol. The van der Waals surface area contributed by atoms with Gasteiger partial charge in [0.25, 0.3) is 0 Å². The van der Waals surface area contributed by atoms with Crippen LogP contribution in [-0.2, 0) is 0 Å². The summed E-state index contributed by atoms with van der Waals surface area (Å²) in [4.78, 5) is 0. The van der Waals surface area contributed by atoms with Gasteiger partial charge in [0.15, 0.2) is 0 Å². The number of benzene rings is 3. The molecule has 0 amide bonds. The molecule has 0 N–H and O–H groups in total. The molecule has 0 atom stereocenters. The van der Waals surface area contributed by atoms with Crippen LogP contribution in [0.1, 0.15) is 5.56 Å². The van der Waals surface area contributed by atoms with E-state index in [0.29, 0.717) is 0 Å². The Labute approximate surface area is 112 Å². The van der Waals surface area contributed by atoms with Gasteiger partial charge < -0.3 is 0 Å². The minimum absolute atomic E-state index is 1.13. The van der Waals surface area contributed by atoms with Crippen LogP contribution < -0.4 is 0 Å². The Morgan fingerprint density at radius 2 is 1.16 bits per heavy atom. The molecule has 0 radical (unpaired) electrons. The zero-order valence-corrected chi connectivity index (χ0v) is 10.7. The molecule has 0 saturated heterocycles. The summed E-state index contributed by atoms with van der Waals surface area (Å²) >= 11 is 0. The molecule has 0 saturated carbocycles. The van der Waals surface area contributed by atoms with E-state index in [0.717, 1.165) is 5.56 Å². The summed E-state index contributed by atoms with van der Waals surface area (Å²) in [6.07, 6.45) is 0. The number of aryl methyl sites for hydroxylation is 1. The van der Waals surface area contributed by atoms with Gasteiger partial charge in [-0.15, -0.1) is 0 Å². The zero-order valence-electron chi connectivity index (χ0n) is 10.7. The lowest BCUT2D eigenvalue weighted by Gasteiger charge is -2.08. The van der Waals surface area contributed by atoms with Gasteiger partial charge in [-0.3, -0.25) is 0 Å². The van der Waals surface area contributed by atoms with Crippen LogP contribution in [0.2, 0.25) is 0 Å². The molecule has 0 aliphatic rings. The second kappa shape index (κ2) is 3.73. The van der Waals surface area contributed by atoms with Gasteiger partial charge in [-0.25, -0.2) is 0 Å². The summed E-state index contributed by atoms with van der Waals surface area (Å²) in [5.74, 6) is 0. The molecular weight excluding hydrogens is 228 g/mol. The van der Waals surface area contributed by atoms with Crippen molar-refractivity contribution in [2.45, 2.75) is 6.92 Å². The molecular formula is C19H12. The van der Waals surface area contributed by atoms with Crippen molar-refractivity contribution in [1.82, 2.24) is 0 Å². The Morgan fingerprint density at radius 3 is 1.84 bits per heavy atom. The molecule has 0 bridgehead atoms. The third-order valence-corrected chi connectivity index (χ3v) is 3.72. The first-order chi connectivity index (χ1) is 9.34. The van der Waals surface area contributed by atoms with Gasteiger partial charge in [-0.05, 0) is 45.5 Å². The quantitative estimate of drug-likeness (QED) is 0.377. The first-order valence-corrected chi connectivity index (χ1v) is 6.48. The van der Waals surface area contributed by atoms with Gasteiger partial charge in [-0.2, -0.15) is 0 Å². The molecule has 4 aromatic carbocycles. The Balaban J connectivity index is 2.43. The first kappa shape index (κ1) is 10.4. The molecule has 0 aliphatic carbocycles. The Hall–Kier alpha value is -2.52. The lowest BCUT2D eigenvalue weighted by molar-refractivity contribution is 1.53. The fourth-order valence-corrected chi connectivity index (χ4v) is 2.87. The van der Waals surface area contributed by atoms with Crippen molar-refractivity contribution < 1.29 is 0 Å². The summed E-state index contributed by atoms with van der Waals surface area (Å²) in [6, 6.07) is 25.9. The molecule has 0 aromatic heterocycles. The highest BCUT2D eigenvalue weighted by Crippen LogP contribution is 2.33. The lowest BCUT2D eigenvalue weighted by atomic mass is 9.95. The van der Waals surface area contributed by atoms with Crippen LogP contribution in [0.15, 0.2) is 54.6 Å². The van der Waals surface area contributed by atoms with E-state index in [-0.39, 0.29) is 0 Å². The van der Waals surface area contributed by atoms with Crippen molar-refractivity contribution >= 4 is 32.3 Å². The lowest BCUT2D eigenvalue weighted by Crippen LogP contribution is -1.82. The van der Waals surface area contributed by atoms with Gasteiger partial charge >= 0.3 is 0 Å². The summed E-state index contributed by atoms with van der Waals surface area (Å²) in [5.41, 5.74) is 1.13. The first-order valence-electron chi connectivity index (χ1n) is 6.48. The van der Waals surface area contributed by atoms with Crippen molar-refractivity contribution in [1.29, 1.82) is 0 Å². The molecule has 0 aliphatic heterocycles. The van der Waals surface area contributed by atoms with Crippen LogP contribution in [0, 0.1) is 19.1 Å². The van der Waals surface area contributed by atoms with Crippen LogP contribution >= 0.6 is 0 Å². The molecule has 19 heavy (non-hydrogen) atoms. The number of fused-ring (bicyclic) bond motifs is 6. The highest BCUT2D eigenvalue weighted by atomic mass is 14.1. The van der Waals surface area contributed by atoms with E-state index in [4.69, 9.17) is 0 Å². The van der Waals surface area contributed by atoms with Crippen LogP contribution in [0.5, 0.6) is 0 Å². The third kappa shape index (κ3) is 1.42. The highest BCUT2D eigenvalue weighted by Gasteiger charge is 2.07. The SMILES string of the molecule is Cc1c#cc2c3ccccc3c3ccccc3c2c1. The van der Waals surface area contributed by atoms with Gasteiger partial charge in [0.1, 0.15) is 0 Å². The van der Waals surface area contributed by atoms with Crippen molar-refractivity contribution in [3.8, 4) is 0 Å². The number of hydrogen-bond acceptors (Lipinski definition) is 0. The third-order valence-electron chi connectivity index (χ3n) is 3.72. The van der Waals surface area contributed by atoms with E-state index in [1.54, 1.807) is 0 Å². The molecule has 4 rings (SSSR count). The predicted octanol–water partition coefficient (Wildman–Crippen LogP) is 5.06. The van der Waals surface area contributed by atoms with E-state index in [1.807, 2.05) is 0 Å².